The van der Waals surface area contributed by atoms with Crippen LogP contribution in [-0.2, 0) is 11.3 Å². The number of hydrogen-bond donors (Lipinski definition) is 1. The summed E-state index contributed by atoms with van der Waals surface area (Å²) in [5.74, 6) is 0.205. The van der Waals surface area contributed by atoms with Crippen LogP contribution in [0.25, 0.3) is 0 Å². The Bertz CT molecular complexity index is 696. The van der Waals surface area contributed by atoms with Gasteiger partial charge >= 0.3 is 0 Å². The molecule has 0 aliphatic heterocycles. The minimum atomic E-state index is -0.197. The van der Waals surface area contributed by atoms with Crippen molar-refractivity contribution in [2.45, 2.75) is 6.61 Å². The van der Waals surface area contributed by atoms with E-state index in [1.54, 1.807) is 18.0 Å². The summed E-state index contributed by atoms with van der Waals surface area (Å²) in [5.41, 5.74) is 7.58. The van der Waals surface area contributed by atoms with Gasteiger partial charge in [0.1, 0.15) is 5.75 Å². The van der Waals surface area contributed by atoms with Crippen LogP contribution in [0.4, 0.5) is 5.69 Å². The Kier molecular flexibility index (Phi) is 8.55. The first-order chi connectivity index (χ1) is 11.5. The number of likely N-dealkylation sites (N-methyl/N-ethyl adjacent to an activating group) is 1. The average molecular weight is 385 g/mol. The molecule has 0 radical (unpaired) electrons. The third-order valence-corrected chi connectivity index (χ3v) is 3.91. The van der Waals surface area contributed by atoms with Crippen LogP contribution in [0.15, 0.2) is 42.5 Å². The highest BCUT2D eigenvalue weighted by molar-refractivity contribution is 6.33. The van der Waals surface area contributed by atoms with Gasteiger partial charge in [0.05, 0.1) is 36.6 Å². The van der Waals surface area contributed by atoms with Crippen molar-refractivity contribution in [3.05, 3.63) is 58.6 Å². The highest BCUT2D eigenvalue weighted by Gasteiger charge is 2.18. The molecule has 5 nitrogen and oxygen atoms in total. The van der Waals surface area contributed by atoms with Crippen LogP contribution < -0.4 is 10.5 Å². The van der Waals surface area contributed by atoms with E-state index in [1.165, 1.54) is 13.2 Å². The van der Waals surface area contributed by atoms with Crippen molar-refractivity contribution in [1.29, 1.82) is 0 Å². The maximum absolute atomic E-state index is 12.5. The van der Waals surface area contributed by atoms with Crippen LogP contribution >= 0.6 is 24.0 Å². The number of benzene rings is 2. The number of halogens is 2. The van der Waals surface area contributed by atoms with Gasteiger partial charge in [-0.1, -0.05) is 41.9 Å². The number of hydrogen-bond acceptors (Lipinski definition) is 4. The molecule has 0 aliphatic rings. The monoisotopic (exact) mass is 384 g/mol. The van der Waals surface area contributed by atoms with Crippen LogP contribution in [0.3, 0.4) is 0 Å². The fourth-order valence-electron chi connectivity index (χ4n) is 2.18. The maximum Gasteiger partial charge on any atom is 0.257 e. The van der Waals surface area contributed by atoms with Crippen LogP contribution in [0.5, 0.6) is 5.75 Å². The Morgan fingerprint density at radius 3 is 2.56 bits per heavy atom. The Morgan fingerprint density at radius 2 is 1.92 bits per heavy atom. The molecule has 1 amide bonds. The van der Waals surface area contributed by atoms with Gasteiger partial charge in [-0.25, -0.2) is 0 Å². The Hall–Kier alpha value is -1.95. The zero-order valence-electron chi connectivity index (χ0n) is 14.2. The average Bonchev–Trinajstić information content (AvgIpc) is 2.60. The summed E-state index contributed by atoms with van der Waals surface area (Å²) in [7, 11) is 3.19. The van der Waals surface area contributed by atoms with Gasteiger partial charge in [0.2, 0.25) is 0 Å². The third kappa shape index (κ3) is 5.81. The van der Waals surface area contributed by atoms with Crippen molar-refractivity contribution < 1.29 is 14.3 Å². The number of nitrogens with zero attached hydrogens (tertiary/aromatic N) is 1. The van der Waals surface area contributed by atoms with E-state index in [4.69, 9.17) is 26.8 Å². The Balaban J connectivity index is 0.00000312. The molecule has 0 bridgehead atoms. The number of methoxy groups -OCH3 is 1. The molecule has 2 N–H and O–H groups in total. The number of anilines is 1. The molecule has 2 aromatic carbocycles. The summed E-state index contributed by atoms with van der Waals surface area (Å²) in [5, 5.41) is 0.327. The van der Waals surface area contributed by atoms with Crippen LogP contribution in [0.1, 0.15) is 15.9 Å². The second-order valence-corrected chi connectivity index (χ2v) is 5.75. The number of ether oxygens (including phenoxy) is 2. The lowest BCUT2D eigenvalue weighted by molar-refractivity contribution is 0.0668. The predicted octanol–water partition coefficient (Wildman–Crippen LogP) is 3.64. The molecule has 2 aromatic rings. The smallest absolute Gasteiger partial charge is 0.257 e. The van der Waals surface area contributed by atoms with Crippen LogP contribution in [0.2, 0.25) is 5.02 Å². The minimum absolute atomic E-state index is 0. The number of amides is 1. The van der Waals surface area contributed by atoms with Crippen molar-refractivity contribution in [3.63, 3.8) is 0 Å². The lowest BCUT2D eigenvalue weighted by Gasteiger charge is -2.19. The fraction of sp³-hybridized carbons (Fsp3) is 0.278. The highest BCUT2D eigenvalue weighted by atomic mass is 35.5. The van der Waals surface area contributed by atoms with Crippen LogP contribution in [-0.4, -0.2) is 38.1 Å². The molecule has 7 heteroatoms. The second kappa shape index (κ2) is 10.1. The van der Waals surface area contributed by atoms with Gasteiger partial charge in [-0.15, -0.1) is 12.4 Å². The third-order valence-electron chi connectivity index (χ3n) is 3.58. The number of nitrogen functional groups attached to an aromatic ring is 1. The second-order valence-electron chi connectivity index (χ2n) is 5.34. The van der Waals surface area contributed by atoms with Gasteiger partial charge in [-0.2, -0.15) is 0 Å². The maximum atomic E-state index is 12.5. The molecular formula is C18H22Cl2N2O3. The molecule has 136 valence electrons. The number of carbonyl (C=O) groups is 1. The molecule has 0 unspecified atom stereocenters. The molecule has 0 atom stereocenters. The standard InChI is InChI=1S/C18H21ClN2O3.ClH/c1-21(8-9-24-12-13-6-4-3-5-7-13)18(22)14-10-15(19)16(20)11-17(14)23-2;/h3-7,10-11H,8-9,12,20H2,1-2H3;1H. The lowest BCUT2D eigenvalue weighted by Crippen LogP contribution is -2.30. The van der Waals surface area contributed by atoms with Crippen molar-refractivity contribution in [1.82, 2.24) is 4.90 Å². The molecule has 0 aliphatic carbocycles. The van der Waals surface area contributed by atoms with E-state index in [2.05, 4.69) is 0 Å². The lowest BCUT2D eigenvalue weighted by atomic mass is 10.1. The van der Waals surface area contributed by atoms with E-state index in [9.17, 15) is 4.79 Å². The summed E-state index contributed by atoms with van der Waals surface area (Å²) >= 11 is 6.01. The van der Waals surface area contributed by atoms with Crippen molar-refractivity contribution in [3.8, 4) is 5.75 Å². The first-order valence-electron chi connectivity index (χ1n) is 7.53. The van der Waals surface area contributed by atoms with E-state index in [0.29, 0.717) is 41.8 Å². The summed E-state index contributed by atoms with van der Waals surface area (Å²) in [6.45, 7) is 1.40. The van der Waals surface area contributed by atoms with Gasteiger partial charge in [-0.3, -0.25) is 4.79 Å². The first-order valence-corrected chi connectivity index (χ1v) is 7.91. The minimum Gasteiger partial charge on any atom is -0.496 e. The Morgan fingerprint density at radius 1 is 1.24 bits per heavy atom. The molecular weight excluding hydrogens is 363 g/mol. The molecule has 0 fully saturated rings. The van der Waals surface area contributed by atoms with Gasteiger partial charge < -0.3 is 20.1 Å². The molecule has 0 heterocycles. The van der Waals surface area contributed by atoms with E-state index in [1.807, 2.05) is 30.3 Å². The van der Waals surface area contributed by atoms with E-state index >= 15 is 0 Å². The molecule has 0 aromatic heterocycles. The Labute approximate surface area is 159 Å². The van der Waals surface area contributed by atoms with Gasteiger partial charge in [0.25, 0.3) is 5.91 Å². The largest absolute Gasteiger partial charge is 0.496 e. The zero-order valence-corrected chi connectivity index (χ0v) is 15.8. The van der Waals surface area contributed by atoms with Gasteiger partial charge in [0, 0.05) is 19.7 Å². The molecule has 25 heavy (non-hydrogen) atoms. The van der Waals surface area contributed by atoms with Crippen molar-refractivity contribution in [2.24, 2.45) is 0 Å². The van der Waals surface area contributed by atoms with E-state index < -0.39 is 0 Å². The van der Waals surface area contributed by atoms with E-state index in [-0.39, 0.29) is 18.3 Å². The number of rotatable bonds is 7. The summed E-state index contributed by atoms with van der Waals surface area (Å²) < 4.78 is 10.8. The molecule has 0 saturated carbocycles. The summed E-state index contributed by atoms with van der Waals surface area (Å²) in [6.07, 6.45) is 0. The predicted molar refractivity (Wildman–Crippen MR) is 103 cm³/mol. The van der Waals surface area contributed by atoms with Gasteiger partial charge in [-0.05, 0) is 11.6 Å². The summed E-state index contributed by atoms with van der Waals surface area (Å²) in [4.78, 5) is 14.1. The van der Waals surface area contributed by atoms with Crippen LogP contribution in [0, 0.1) is 0 Å². The molecule has 0 saturated heterocycles. The quantitative estimate of drug-likeness (QED) is 0.584. The highest BCUT2D eigenvalue weighted by Crippen LogP contribution is 2.29. The molecule has 2 rings (SSSR count). The first kappa shape index (κ1) is 21.1. The summed E-state index contributed by atoms with van der Waals surface area (Å²) in [6, 6.07) is 13.0. The van der Waals surface area contributed by atoms with Gasteiger partial charge in [0.15, 0.2) is 0 Å². The number of nitrogens with two attached hydrogens (primary N) is 1. The fourth-order valence-corrected chi connectivity index (χ4v) is 2.34. The topological polar surface area (TPSA) is 64.8 Å². The number of carbonyl (C=O) groups excluding carboxylic acids is 1. The van der Waals surface area contributed by atoms with Crippen molar-refractivity contribution in [2.75, 3.05) is 33.0 Å². The SMILES string of the molecule is COc1cc(N)c(Cl)cc1C(=O)N(C)CCOCc1ccccc1.Cl. The normalized spacial score (nSPS) is 10.0. The molecule has 0 spiro atoms. The van der Waals surface area contributed by atoms with Crippen molar-refractivity contribution >= 4 is 35.6 Å². The van der Waals surface area contributed by atoms with E-state index in [0.717, 1.165) is 5.56 Å². The zero-order chi connectivity index (χ0) is 17.5.